The first-order valence-electron chi connectivity index (χ1n) is 7.50. The molecule has 0 aromatic carbocycles. The van der Waals surface area contributed by atoms with Gasteiger partial charge in [-0.15, -0.1) is 0 Å². The normalized spacial score (nSPS) is 23.2. The number of rotatable bonds is 6. The number of methoxy groups -OCH3 is 1. The number of piperidine rings is 1. The summed E-state index contributed by atoms with van der Waals surface area (Å²) in [4.78, 5) is 15.8. The molecule has 0 bridgehead atoms. The predicted molar refractivity (Wildman–Crippen MR) is 80.8 cm³/mol. The van der Waals surface area contributed by atoms with Crippen LogP contribution in [0.15, 0.2) is 12.3 Å². The van der Waals surface area contributed by atoms with Crippen molar-refractivity contribution >= 4 is 5.91 Å². The van der Waals surface area contributed by atoms with Crippen molar-refractivity contribution in [2.75, 3.05) is 34.3 Å². The third-order valence-corrected chi connectivity index (χ3v) is 4.30. The zero-order valence-corrected chi connectivity index (χ0v) is 13.3. The molecule has 1 N–H and O–H groups in total. The zero-order valence-electron chi connectivity index (χ0n) is 13.3. The molecule has 1 aliphatic heterocycles. The Kier molecular flexibility index (Phi) is 5.36. The smallest absolute Gasteiger partial charge is 0.222 e. The maximum Gasteiger partial charge on any atom is 0.222 e. The number of nitrogens with zero attached hydrogens (tertiary/aromatic N) is 3. The van der Waals surface area contributed by atoms with Crippen LogP contribution in [-0.2, 0) is 16.1 Å². The first-order chi connectivity index (χ1) is 10.0. The Balaban J connectivity index is 1.93. The summed E-state index contributed by atoms with van der Waals surface area (Å²) in [5.74, 6) is 0.164. The first kappa shape index (κ1) is 16.0. The number of carbonyl (C=O) groups is 1. The van der Waals surface area contributed by atoms with Crippen molar-refractivity contribution in [1.29, 1.82) is 0 Å². The van der Waals surface area contributed by atoms with Crippen LogP contribution in [0.2, 0.25) is 0 Å². The van der Waals surface area contributed by atoms with Crippen LogP contribution in [0.4, 0.5) is 0 Å². The van der Waals surface area contributed by atoms with Crippen molar-refractivity contribution in [2.24, 2.45) is 0 Å². The average molecular weight is 294 g/mol. The van der Waals surface area contributed by atoms with E-state index in [0.717, 1.165) is 44.6 Å². The molecule has 6 nitrogen and oxygen atoms in total. The molecule has 1 saturated heterocycles. The van der Waals surface area contributed by atoms with E-state index in [4.69, 9.17) is 4.74 Å². The van der Waals surface area contributed by atoms with E-state index in [1.165, 1.54) is 0 Å². The molecular formula is C15H26N4O2. The van der Waals surface area contributed by atoms with Gasteiger partial charge in [0.05, 0.1) is 5.60 Å². The number of nitrogens with one attached hydrogen (secondary N) is 1. The van der Waals surface area contributed by atoms with Gasteiger partial charge in [-0.3, -0.25) is 14.8 Å². The van der Waals surface area contributed by atoms with Gasteiger partial charge in [-0.2, -0.15) is 5.10 Å². The van der Waals surface area contributed by atoms with E-state index in [-0.39, 0.29) is 11.5 Å². The van der Waals surface area contributed by atoms with Crippen molar-refractivity contribution in [3.8, 4) is 0 Å². The van der Waals surface area contributed by atoms with E-state index in [1.807, 2.05) is 6.07 Å². The molecule has 1 aromatic heterocycles. The number of H-pyrrole nitrogens is 1. The summed E-state index contributed by atoms with van der Waals surface area (Å²) in [6.07, 6.45) is 5.21. The molecule has 118 valence electrons. The molecule has 21 heavy (non-hydrogen) atoms. The standard InChI is InChI=1S/C15H26N4O2/c1-18(2)14(20)5-8-15(21-3)7-4-10-19(12-15)11-13-6-9-16-17-13/h6,9H,4-5,7-8,10-12H2,1-3H3,(H,16,17)/t15-/m0/s1. The topological polar surface area (TPSA) is 61.5 Å². The highest BCUT2D eigenvalue weighted by molar-refractivity contribution is 5.75. The van der Waals surface area contributed by atoms with E-state index in [2.05, 4.69) is 15.1 Å². The number of likely N-dealkylation sites (tertiary alicyclic amines) is 1. The van der Waals surface area contributed by atoms with E-state index in [1.54, 1.807) is 32.3 Å². The van der Waals surface area contributed by atoms with Crippen LogP contribution in [-0.4, -0.2) is 65.8 Å². The van der Waals surface area contributed by atoms with Crippen LogP contribution in [0.3, 0.4) is 0 Å². The number of amides is 1. The predicted octanol–water partition coefficient (Wildman–Crippen LogP) is 1.26. The highest BCUT2D eigenvalue weighted by atomic mass is 16.5. The lowest BCUT2D eigenvalue weighted by Gasteiger charge is -2.42. The molecular weight excluding hydrogens is 268 g/mol. The Labute approximate surface area is 126 Å². The summed E-state index contributed by atoms with van der Waals surface area (Å²) in [6, 6.07) is 2.00. The molecule has 1 atom stereocenters. The van der Waals surface area contributed by atoms with Gasteiger partial charge in [0, 0.05) is 52.6 Å². The molecule has 0 saturated carbocycles. The maximum atomic E-state index is 11.8. The van der Waals surface area contributed by atoms with Crippen LogP contribution < -0.4 is 0 Å². The quantitative estimate of drug-likeness (QED) is 0.858. The molecule has 0 spiro atoms. The minimum atomic E-state index is -0.204. The first-order valence-corrected chi connectivity index (χ1v) is 7.50. The Morgan fingerprint density at radius 3 is 3.00 bits per heavy atom. The maximum absolute atomic E-state index is 11.8. The second-order valence-corrected chi connectivity index (χ2v) is 6.07. The second-order valence-electron chi connectivity index (χ2n) is 6.07. The summed E-state index contributed by atoms with van der Waals surface area (Å²) < 4.78 is 5.82. The number of hydrogen-bond acceptors (Lipinski definition) is 4. The van der Waals surface area contributed by atoms with Crippen molar-refractivity contribution < 1.29 is 9.53 Å². The Bertz CT molecular complexity index is 447. The Morgan fingerprint density at radius 2 is 2.38 bits per heavy atom. The fourth-order valence-corrected chi connectivity index (χ4v) is 2.97. The minimum absolute atomic E-state index is 0.164. The second kappa shape index (κ2) is 7.04. The SMILES string of the molecule is CO[C@]1(CCC(=O)N(C)C)CCCN(Cc2ccn[nH]2)C1. The number of hydrogen-bond donors (Lipinski definition) is 1. The van der Waals surface area contributed by atoms with Gasteiger partial charge in [0.15, 0.2) is 0 Å². The number of aromatic nitrogens is 2. The lowest BCUT2D eigenvalue weighted by Crippen LogP contribution is -2.49. The van der Waals surface area contributed by atoms with Crippen molar-refractivity contribution in [2.45, 2.75) is 37.8 Å². The molecule has 0 aliphatic carbocycles. The Hall–Kier alpha value is -1.40. The lowest BCUT2D eigenvalue weighted by molar-refractivity contribution is -0.132. The van der Waals surface area contributed by atoms with Gasteiger partial charge >= 0.3 is 0 Å². The van der Waals surface area contributed by atoms with Gasteiger partial charge in [0.2, 0.25) is 5.91 Å². The van der Waals surface area contributed by atoms with Crippen molar-refractivity contribution in [3.63, 3.8) is 0 Å². The molecule has 0 unspecified atom stereocenters. The van der Waals surface area contributed by atoms with E-state index >= 15 is 0 Å². The third kappa shape index (κ3) is 4.28. The fraction of sp³-hybridized carbons (Fsp3) is 0.733. The van der Waals surface area contributed by atoms with Gasteiger partial charge in [0.25, 0.3) is 0 Å². The van der Waals surface area contributed by atoms with Crippen LogP contribution in [0.25, 0.3) is 0 Å². The summed E-state index contributed by atoms with van der Waals surface area (Å²) >= 11 is 0. The largest absolute Gasteiger partial charge is 0.377 e. The molecule has 2 rings (SSSR count). The highest BCUT2D eigenvalue weighted by Gasteiger charge is 2.35. The van der Waals surface area contributed by atoms with Crippen LogP contribution in [0.1, 0.15) is 31.4 Å². The molecule has 0 radical (unpaired) electrons. The van der Waals surface area contributed by atoms with Gasteiger partial charge < -0.3 is 9.64 Å². The lowest BCUT2D eigenvalue weighted by atomic mass is 9.87. The molecule has 6 heteroatoms. The van der Waals surface area contributed by atoms with Crippen molar-refractivity contribution in [3.05, 3.63) is 18.0 Å². The van der Waals surface area contributed by atoms with Gasteiger partial charge in [-0.05, 0) is 31.9 Å². The van der Waals surface area contributed by atoms with Crippen LogP contribution in [0.5, 0.6) is 0 Å². The van der Waals surface area contributed by atoms with Crippen LogP contribution in [0, 0.1) is 0 Å². The van der Waals surface area contributed by atoms with Gasteiger partial charge in [-0.25, -0.2) is 0 Å². The zero-order chi connectivity index (χ0) is 15.3. The van der Waals surface area contributed by atoms with E-state index in [0.29, 0.717) is 6.42 Å². The number of carbonyl (C=O) groups excluding carboxylic acids is 1. The summed E-state index contributed by atoms with van der Waals surface area (Å²) in [6.45, 7) is 2.78. The van der Waals surface area contributed by atoms with Crippen LogP contribution >= 0.6 is 0 Å². The van der Waals surface area contributed by atoms with Gasteiger partial charge in [-0.1, -0.05) is 0 Å². The molecule has 1 amide bonds. The third-order valence-electron chi connectivity index (χ3n) is 4.30. The van der Waals surface area contributed by atoms with Gasteiger partial charge in [0.1, 0.15) is 0 Å². The monoisotopic (exact) mass is 294 g/mol. The molecule has 1 aromatic rings. The fourth-order valence-electron chi connectivity index (χ4n) is 2.97. The highest BCUT2D eigenvalue weighted by Crippen LogP contribution is 2.30. The summed E-state index contributed by atoms with van der Waals surface area (Å²) in [5, 5.41) is 6.99. The van der Waals surface area contributed by atoms with Crippen molar-refractivity contribution in [1.82, 2.24) is 20.0 Å². The average Bonchev–Trinajstić information content (AvgIpc) is 2.98. The number of ether oxygens (including phenoxy) is 1. The minimum Gasteiger partial charge on any atom is -0.377 e. The Morgan fingerprint density at radius 1 is 1.57 bits per heavy atom. The van der Waals surface area contributed by atoms with E-state index < -0.39 is 0 Å². The molecule has 2 heterocycles. The molecule has 1 fully saturated rings. The number of aromatic amines is 1. The van der Waals surface area contributed by atoms with E-state index in [9.17, 15) is 4.79 Å². The summed E-state index contributed by atoms with van der Waals surface area (Å²) in [5.41, 5.74) is 0.912. The summed E-state index contributed by atoms with van der Waals surface area (Å²) in [7, 11) is 5.36. The molecule has 1 aliphatic rings.